The number of nitrogens with two attached hydrogens (primary N) is 2. The summed E-state index contributed by atoms with van der Waals surface area (Å²) >= 11 is 0. The molecular weight excluding hydrogens is 356 g/mol. The SMILES string of the molecule is Nc1cc(N)cc(C(=O)OCCCCCCOC(=O)/C=C/c2ccccc2)c1. The number of ether oxygens (including phenoxy) is 2. The first-order valence-electron chi connectivity index (χ1n) is 9.27. The zero-order valence-corrected chi connectivity index (χ0v) is 15.8. The quantitative estimate of drug-likeness (QED) is 0.280. The molecule has 0 saturated carbocycles. The van der Waals surface area contributed by atoms with Crippen molar-refractivity contribution in [3.05, 3.63) is 65.7 Å². The van der Waals surface area contributed by atoms with Gasteiger partial charge in [-0.1, -0.05) is 30.3 Å². The molecule has 0 saturated heterocycles. The fourth-order valence-corrected chi connectivity index (χ4v) is 2.55. The highest BCUT2D eigenvalue weighted by Gasteiger charge is 2.08. The van der Waals surface area contributed by atoms with Gasteiger partial charge in [0.05, 0.1) is 18.8 Å². The summed E-state index contributed by atoms with van der Waals surface area (Å²) in [7, 11) is 0. The Morgan fingerprint density at radius 1 is 0.821 bits per heavy atom. The van der Waals surface area contributed by atoms with Crippen molar-refractivity contribution in [1.82, 2.24) is 0 Å². The maximum Gasteiger partial charge on any atom is 0.338 e. The number of rotatable bonds is 10. The molecule has 0 fully saturated rings. The Balaban J connectivity index is 1.52. The number of carbonyl (C=O) groups excluding carboxylic acids is 2. The molecule has 4 N–H and O–H groups in total. The number of esters is 2. The number of benzene rings is 2. The van der Waals surface area contributed by atoms with Gasteiger partial charge in [0.15, 0.2) is 0 Å². The van der Waals surface area contributed by atoms with Crippen LogP contribution < -0.4 is 11.5 Å². The van der Waals surface area contributed by atoms with Gasteiger partial charge >= 0.3 is 11.9 Å². The van der Waals surface area contributed by atoms with E-state index in [0.717, 1.165) is 31.2 Å². The molecule has 2 aromatic rings. The zero-order chi connectivity index (χ0) is 20.2. The Bertz CT molecular complexity index is 783. The minimum atomic E-state index is -0.432. The van der Waals surface area contributed by atoms with Gasteiger partial charge in [0, 0.05) is 17.5 Å². The van der Waals surface area contributed by atoms with Gasteiger partial charge in [-0.3, -0.25) is 0 Å². The summed E-state index contributed by atoms with van der Waals surface area (Å²) in [4.78, 5) is 23.6. The lowest BCUT2D eigenvalue weighted by Gasteiger charge is -2.07. The molecule has 6 nitrogen and oxygen atoms in total. The number of hydrogen-bond donors (Lipinski definition) is 2. The highest BCUT2D eigenvalue weighted by molar-refractivity contribution is 5.91. The van der Waals surface area contributed by atoms with Crippen molar-refractivity contribution in [2.75, 3.05) is 24.7 Å². The van der Waals surface area contributed by atoms with Crippen LogP contribution >= 0.6 is 0 Å². The number of carbonyl (C=O) groups is 2. The van der Waals surface area contributed by atoms with Gasteiger partial charge in [0.25, 0.3) is 0 Å². The Hall–Kier alpha value is -3.28. The molecule has 6 heteroatoms. The maximum absolute atomic E-state index is 11.9. The van der Waals surface area contributed by atoms with Crippen molar-refractivity contribution in [1.29, 1.82) is 0 Å². The van der Waals surface area contributed by atoms with Gasteiger partial charge in [-0.2, -0.15) is 0 Å². The lowest BCUT2D eigenvalue weighted by atomic mass is 10.2. The Morgan fingerprint density at radius 3 is 2.07 bits per heavy atom. The summed E-state index contributed by atoms with van der Waals surface area (Å²) in [6.45, 7) is 0.702. The fourth-order valence-electron chi connectivity index (χ4n) is 2.55. The second kappa shape index (κ2) is 11.4. The van der Waals surface area contributed by atoms with Crippen molar-refractivity contribution in [2.45, 2.75) is 25.7 Å². The van der Waals surface area contributed by atoms with E-state index in [1.807, 2.05) is 30.3 Å². The summed E-state index contributed by atoms with van der Waals surface area (Å²) in [6.07, 6.45) is 6.43. The smallest absolute Gasteiger partial charge is 0.338 e. The van der Waals surface area contributed by atoms with Crippen molar-refractivity contribution in [3.63, 3.8) is 0 Å². The number of nitrogen functional groups attached to an aromatic ring is 2. The van der Waals surface area contributed by atoms with Crippen LogP contribution in [0.1, 0.15) is 41.6 Å². The number of anilines is 2. The van der Waals surface area contributed by atoms with Crippen molar-refractivity contribution < 1.29 is 19.1 Å². The standard InChI is InChI=1S/C22H26N2O4/c23-19-14-18(15-20(24)16-19)22(26)28-13-7-2-1-6-12-27-21(25)11-10-17-8-4-3-5-9-17/h3-5,8-11,14-16H,1-2,6-7,12-13,23-24H2/b11-10+. The molecule has 0 unspecified atom stereocenters. The molecule has 0 bridgehead atoms. The first-order valence-corrected chi connectivity index (χ1v) is 9.27. The second-order valence-electron chi connectivity index (χ2n) is 6.35. The van der Waals surface area contributed by atoms with Crippen molar-refractivity contribution >= 4 is 29.4 Å². The third kappa shape index (κ3) is 7.95. The molecule has 0 amide bonds. The monoisotopic (exact) mass is 382 g/mol. The lowest BCUT2D eigenvalue weighted by molar-refractivity contribution is -0.137. The zero-order valence-electron chi connectivity index (χ0n) is 15.8. The Labute approximate surface area is 165 Å². The molecule has 28 heavy (non-hydrogen) atoms. The van der Waals surface area contributed by atoms with Crippen molar-refractivity contribution in [2.24, 2.45) is 0 Å². The van der Waals surface area contributed by atoms with Gasteiger partial charge in [0.2, 0.25) is 0 Å². The van der Waals surface area contributed by atoms with Crippen LogP contribution in [0.3, 0.4) is 0 Å². The maximum atomic E-state index is 11.9. The summed E-state index contributed by atoms with van der Waals surface area (Å²) in [5, 5.41) is 0. The van der Waals surface area contributed by atoms with E-state index >= 15 is 0 Å². The Kier molecular flexibility index (Phi) is 8.59. The van der Waals surface area contributed by atoms with E-state index in [4.69, 9.17) is 20.9 Å². The van der Waals surface area contributed by atoms with Crippen LogP contribution in [0.2, 0.25) is 0 Å². The minimum absolute atomic E-state index is 0.327. The molecule has 2 rings (SSSR count). The van der Waals surface area contributed by atoms with Crippen LogP contribution in [0.25, 0.3) is 6.08 Å². The van der Waals surface area contributed by atoms with Gasteiger partial charge in [0.1, 0.15) is 0 Å². The molecule has 0 aliphatic carbocycles. The molecule has 0 aromatic heterocycles. The van der Waals surface area contributed by atoms with Crippen LogP contribution in [-0.4, -0.2) is 25.2 Å². The van der Waals surface area contributed by atoms with Crippen LogP contribution in [-0.2, 0) is 14.3 Å². The molecule has 0 aliphatic heterocycles. The van der Waals surface area contributed by atoms with E-state index in [1.54, 1.807) is 24.3 Å². The normalized spacial score (nSPS) is 10.7. The predicted octanol–water partition coefficient (Wildman–Crippen LogP) is 3.82. The van der Waals surface area contributed by atoms with Gasteiger partial charge in [-0.05, 0) is 55.5 Å². The molecule has 0 aliphatic rings. The highest BCUT2D eigenvalue weighted by atomic mass is 16.5. The van der Waals surface area contributed by atoms with Gasteiger partial charge in [-0.25, -0.2) is 9.59 Å². The Morgan fingerprint density at radius 2 is 1.43 bits per heavy atom. The van der Waals surface area contributed by atoms with Crippen LogP contribution in [0.4, 0.5) is 11.4 Å². The van der Waals surface area contributed by atoms with E-state index in [-0.39, 0.29) is 5.97 Å². The molecular formula is C22H26N2O4. The largest absolute Gasteiger partial charge is 0.463 e. The summed E-state index contributed by atoms with van der Waals surface area (Å²) in [5.74, 6) is -0.780. The third-order valence-electron chi connectivity index (χ3n) is 3.94. The minimum Gasteiger partial charge on any atom is -0.463 e. The first kappa shape index (κ1) is 21.0. The lowest BCUT2D eigenvalue weighted by Crippen LogP contribution is -2.08. The van der Waals surface area contributed by atoms with Crippen LogP contribution in [0.15, 0.2) is 54.6 Å². The average molecular weight is 382 g/mol. The molecule has 148 valence electrons. The number of hydrogen-bond acceptors (Lipinski definition) is 6. The highest BCUT2D eigenvalue weighted by Crippen LogP contribution is 2.14. The van der Waals surface area contributed by atoms with Gasteiger partial charge in [-0.15, -0.1) is 0 Å². The number of unbranched alkanes of at least 4 members (excludes halogenated alkanes) is 3. The average Bonchev–Trinajstić information content (AvgIpc) is 2.68. The molecule has 0 heterocycles. The third-order valence-corrected chi connectivity index (χ3v) is 3.94. The first-order chi connectivity index (χ1) is 13.5. The van der Waals surface area contributed by atoms with E-state index < -0.39 is 5.97 Å². The van der Waals surface area contributed by atoms with Gasteiger partial charge < -0.3 is 20.9 Å². The molecule has 2 aromatic carbocycles. The van der Waals surface area contributed by atoms with E-state index in [9.17, 15) is 9.59 Å². The van der Waals surface area contributed by atoms with E-state index in [1.165, 1.54) is 6.08 Å². The van der Waals surface area contributed by atoms with Crippen molar-refractivity contribution in [3.8, 4) is 0 Å². The fraction of sp³-hybridized carbons (Fsp3) is 0.273. The predicted molar refractivity (Wildman–Crippen MR) is 110 cm³/mol. The van der Waals surface area contributed by atoms with E-state index in [2.05, 4.69) is 0 Å². The molecule has 0 atom stereocenters. The second-order valence-corrected chi connectivity index (χ2v) is 6.35. The van der Waals surface area contributed by atoms with E-state index in [0.29, 0.717) is 30.2 Å². The summed E-state index contributed by atoms with van der Waals surface area (Å²) < 4.78 is 10.4. The summed E-state index contributed by atoms with van der Waals surface area (Å²) in [5.41, 5.74) is 13.5. The molecule has 0 spiro atoms. The topological polar surface area (TPSA) is 105 Å². The summed E-state index contributed by atoms with van der Waals surface area (Å²) in [6, 6.07) is 14.2. The van der Waals surface area contributed by atoms with Crippen LogP contribution in [0, 0.1) is 0 Å². The molecule has 0 radical (unpaired) electrons. The van der Waals surface area contributed by atoms with Crippen LogP contribution in [0.5, 0.6) is 0 Å².